The highest BCUT2D eigenvalue weighted by Crippen LogP contribution is 2.24. The molecule has 0 radical (unpaired) electrons. The third-order valence-electron chi connectivity index (χ3n) is 4.04. The second kappa shape index (κ2) is 8.15. The van der Waals surface area contributed by atoms with Crippen molar-refractivity contribution in [1.29, 1.82) is 0 Å². The van der Waals surface area contributed by atoms with Gasteiger partial charge in [-0.2, -0.15) is 0 Å². The van der Waals surface area contributed by atoms with E-state index in [9.17, 15) is 0 Å². The Balaban J connectivity index is 3.67. The highest BCUT2D eigenvalue weighted by molar-refractivity contribution is 4.66. The van der Waals surface area contributed by atoms with Crippen LogP contribution in [0, 0.1) is 23.7 Å². The summed E-state index contributed by atoms with van der Waals surface area (Å²) in [5, 5.41) is 3.24. The Morgan fingerprint density at radius 3 is 1.67 bits per heavy atom. The van der Waals surface area contributed by atoms with Gasteiger partial charge in [-0.1, -0.05) is 47.5 Å². The summed E-state index contributed by atoms with van der Waals surface area (Å²) in [5.41, 5.74) is 0. The van der Waals surface area contributed by atoms with Crippen molar-refractivity contribution in [3.8, 4) is 0 Å². The van der Waals surface area contributed by atoms with Gasteiger partial charge in [-0.25, -0.2) is 0 Å². The van der Waals surface area contributed by atoms with Crippen molar-refractivity contribution >= 4 is 0 Å². The lowest BCUT2D eigenvalue weighted by molar-refractivity contribution is 0.290. The number of rotatable bonds is 8. The van der Waals surface area contributed by atoms with Crippen molar-refractivity contribution in [3.05, 3.63) is 0 Å². The van der Waals surface area contributed by atoms with Gasteiger partial charge in [-0.3, -0.25) is 0 Å². The molecule has 1 heteroatoms. The summed E-state index contributed by atoms with van der Waals surface area (Å²) < 4.78 is 0. The molecule has 1 N–H and O–H groups in total. The van der Waals surface area contributed by atoms with Crippen LogP contribution in [0.2, 0.25) is 0 Å². The van der Waals surface area contributed by atoms with E-state index in [0.29, 0.717) is 0 Å². The van der Waals surface area contributed by atoms with Gasteiger partial charge >= 0.3 is 0 Å². The second-order valence-electron chi connectivity index (χ2n) is 5.65. The molecule has 0 rings (SSSR count). The molecule has 0 aliphatic heterocycles. The maximum Gasteiger partial charge on any atom is -0.00493 e. The van der Waals surface area contributed by atoms with Gasteiger partial charge in [-0.05, 0) is 43.7 Å². The fraction of sp³-hybridized carbons (Fsp3) is 1.00. The first-order valence-electron chi connectivity index (χ1n) is 6.63. The van der Waals surface area contributed by atoms with Gasteiger partial charge in [0.05, 0.1) is 0 Å². The van der Waals surface area contributed by atoms with Gasteiger partial charge in [0, 0.05) is 0 Å². The van der Waals surface area contributed by atoms with Crippen LogP contribution in [0.15, 0.2) is 0 Å². The summed E-state index contributed by atoms with van der Waals surface area (Å²) in [6.07, 6.45) is 4.10. The quantitative estimate of drug-likeness (QED) is 0.644. The summed E-state index contributed by atoms with van der Waals surface area (Å²) in [5.74, 6) is 3.45. The average molecular weight is 213 g/mol. The molecule has 92 valence electrons. The summed E-state index contributed by atoms with van der Waals surface area (Å²) in [6, 6.07) is 0. The van der Waals surface area contributed by atoms with Crippen molar-refractivity contribution in [3.63, 3.8) is 0 Å². The van der Waals surface area contributed by atoms with E-state index in [0.717, 1.165) is 30.2 Å². The van der Waals surface area contributed by atoms with Gasteiger partial charge in [0.15, 0.2) is 0 Å². The van der Waals surface area contributed by atoms with Crippen LogP contribution in [0.4, 0.5) is 0 Å². The predicted octanol–water partition coefficient (Wildman–Crippen LogP) is 3.94. The molecule has 1 nitrogen and oxygen atoms in total. The summed E-state index contributed by atoms with van der Waals surface area (Å²) in [4.78, 5) is 0. The summed E-state index contributed by atoms with van der Waals surface area (Å²) in [6.45, 7) is 13.0. The van der Waals surface area contributed by atoms with Crippen LogP contribution >= 0.6 is 0 Å². The molecule has 0 saturated heterocycles. The van der Waals surface area contributed by atoms with Crippen LogP contribution in [0.1, 0.15) is 53.9 Å². The van der Waals surface area contributed by atoms with E-state index < -0.39 is 0 Å². The van der Waals surface area contributed by atoms with E-state index >= 15 is 0 Å². The molecule has 0 aromatic rings. The zero-order valence-electron chi connectivity index (χ0n) is 11.6. The molecule has 3 atom stereocenters. The van der Waals surface area contributed by atoms with Gasteiger partial charge in [0.2, 0.25) is 0 Å². The van der Waals surface area contributed by atoms with Gasteiger partial charge in [0.25, 0.3) is 0 Å². The zero-order valence-corrected chi connectivity index (χ0v) is 11.6. The van der Waals surface area contributed by atoms with E-state index in [1.807, 2.05) is 7.05 Å². The Hall–Kier alpha value is -0.0400. The number of nitrogens with one attached hydrogen (secondary N) is 1. The molecule has 0 saturated carbocycles. The largest absolute Gasteiger partial charge is 0.320 e. The van der Waals surface area contributed by atoms with Crippen molar-refractivity contribution in [2.75, 3.05) is 13.6 Å². The SMILES string of the molecule is CNCCC(C)C(C)CCC(C)C(C)C. The molecule has 0 bridgehead atoms. The molecule has 0 aliphatic carbocycles. The molecule has 0 amide bonds. The van der Waals surface area contributed by atoms with E-state index in [1.54, 1.807) is 0 Å². The standard InChI is InChI=1S/C14H31N/c1-11(2)12(3)7-8-13(4)14(5)9-10-15-6/h11-15H,7-10H2,1-6H3. The van der Waals surface area contributed by atoms with Crippen LogP contribution in [0.25, 0.3) is 0 Å². The Labute approximate surface area is 97.0 Å². The van der Waals surface area contributed by atoms with E-state index in [1.165, 1.54) is 19.3 Å². The van der Waals surface area contributed by atoms with Crippen molar-refractivity contribution in [1.82, 2.24) is 5.32 Å². The Bertz CT molecular complexity index is 142. The Morgan fingerprint density at radius 2 is 1.20 bits per heavy atom. The molecule has 3 unspecified atom stereocenters. The van der Waals surface area contributed by atoms with Crippen LogP contribution in [0.3, 0.4) is 0 Å². The highest BCUT2D eigenvalue weighted by Gasteiger charge is 2.14. The third-order valence-corrected chi connectivity index (χ3v) is 4.04. The highest BCUT2D eigenvalue weighted by atomic mass is 14.8. The van der Waals surface area contributed by atoms with Crippen molar-refractivity contribution in [2.45, 2.75) is 53.9 Å². The van der Waals surface area contributed by atoms with E-state index in [-0.39, 0.29) is 0 Å². The smallest absolute Gasteiger partial charge is 0.00493 e. The van der Waals surface area contributed by atoms with E-state index in [2.05, 4.69) is 39.9 Å². The fourth-order valence-corrected chi connectivity index (χ4v) is 1.80. The minimum Gasteiger partial charge on any atom is -0.320 e. The van der Waals surface area contributed by atoms with E-state index in [4.69, 9.17) is 0 Å². The van der Waals surface area contributed by atoms with Crippen molar-refractivity contribution in [2.24, 2.45) is 23.7 Å². The van der Waals surface area contributed by atoms with Crippen molar-refractivity contribution < 1.29 is 0 Å². The van der Waals surface area contributed by atoms with Gasteiger partial charge in [-0.15, -0.1) is 0 Å². The molecule has 0 aliphatic rings. The molecule has 0 spiro atoms. The first-order chi connectivity index (χ1) is 6.99. The third kappa shape index (κ3) is 6.94. The number of hydrogen-bond acceptors (Lipinski definition) is 1. The average Bonchev–Trinajstić information content (AvgIpc) is 2.21. The summed E-state index contributed by atoms with van der Waals surface area (Å²) in [7, 11) is 2.04. The molecular formula is C14H31N. The first kappa shape index (κ1) is 15.0. The molecule has 0 heterocycles. The van der Waals surface area contributed by atoms with Gasteiger partial charge < -0.3 is 5.32 Å². The fourth-order valence-electron chi connectivity index (χ4n) is 1.80. The minimum atomic E-state index is 0.838. The van der Waals surface area contributed by atoms with Crippen LogP contribution in [0.5, 0.6) is 0 Å². The lowest BCUT2D eigenvalue weighted by atomic mass is 9.84. The molecule has 0 aromatic heterocycles. The Kier molecular flexibility index (Phi) is 8.13. The second-order valence-corrected chi connectivity index (χ2v) is 5.65. The topological polar surface area (TPSA) is 12.0 Å². The monoisotopic (exact) mass is 213 g/mol. The minimum absolute atomic E-state index is 0.838. The molecule has 0 fully saturated rings. The number of hydrogen-bond donors (Lipinski definition) is 1. The Morgan fingerprint density at radius 1 is 0.733 bits per heavy atom. The summed E-state index contributed by atoms with van der Waals surface area (Å²) >= 11 is 0. The molecular weight excluding hydrogens is 182 g/mol. The van der Waals surface area contributed by atoms with Crippen LogP contribution in [-0.2, 0) is 0 Å². The van der Waals surface area contributed by atoms with Crippen LogP contribution in [-0.4, -0.2) is 13.6 Å². The lowest BCUT2D eigenvalue weighted by Crippen LogP contribution is -2.17. The van der Waals surface area contributed by atoms with Gasteiger partial charge in [0.1, 0.15) is 0 Å². The first-order valence-corrected chi connectivity index (χ1v) is 6.63. The lowest BCUT2D eigenvalue weighted by Gasteiger charge is -2.23. The normalized spacial score (nSPS) is 17.8. The maximum atomic E-state index is 3.24. The molecule has 0 aromatic carbocycles. The molecule has 15 heavy (non-hydrogen) atoms. The predicted molar refractivity (Wildman–Crippen MR) is 70.1 cm³/mol. The zero-order chi connectivity index (χ0) is 11.8. The van der Waals surface area contributed by atoms with Crippen LogP contribution < -0.4 is 5.32 Å². The maximum absolute atomic E-state index is 3.24.